The molecule has 38 heavy (non-hydrogen) atoms. The van der Waals surface area contributed by atoms with Crippen molar-refractivity contribution >= 4 is 47.4 Å². The van der Waals surface area contributed by atoms with Crippen molar-refractivity contribution in [2.75, 3.05) is 25.1 Å². The number of unbranched alkanes of at least 4 members (excludes halogenated alkanes) is 1. The van der Waals surface area contributed by atoms with Crippen LogP contribution in [0.2, 0.25) is 0 Å². The molecule has 16 heteroatoms. The van der Waals surface area contributed by atoms with Crippen molar-refractivity contribution in [1.82, 2.24) is 16.0 Å². The molecule has 0 bridgehead atoms. The van der Waals surface area contributed by atoms with Crippen LogP contribution < -0.4 is 38.9 Å². The van der Waals surface area contributed by atoms with Crippen molar-refractivity contribution in [2.45, 2.75) is 75.5 Å². The Labute approximate surface area is 226 Å². The molecule has 218 valence electrons. The van der Waals surface area contributed by atoms with Crippen LogP contribution in [0.25, 0.3) is 0 Å². The Morgan fingerprint density at radius 2 is 1.37 bits per heavy atom. The second kappa shape index (κ2) is 19.9. The van der Waals surface area contributed by atoms with Gasteiger partial charge in [-0.3, -0.25) is 24.2 Å². The molecule has 0 saturated carbocycles. The zero-order valence-electron chi connectivity index (χ0n) is 21.7. The Bertz CT molecular complexity index is 811. The SMILES string of the molecule is CSCCC(N)C(=O)NC(CCC(=O)O)C(=O)NC(CCCN=C(N)N)C(=O)NC(CCCCN)C(=O)O. The summed E-state index contributed by atoms with van der Waals surface area (Å²) in [5, 5.41) is 25.9. The van der Waals surface area contributed by atoms with Crippen LogP contribution in [0.3, 0.4) is 0 Å². The molecule has 0 rings (SSSR count). The highest BCUT2D eigenvalue weighted by molar-refractivity contribution is 7.98. The summed E-state index contributed by atoms with van der Waals surface area (Å²) < 4.78 is 0. The molecule has 4 unspecified atom stereocenters. The maximum Gasteiger partial charge on any atom is 0.326 e. The number of nitrogens with one attached hydrogen (secondary N) is 3. The van der Waals surface area contributed by atoms with Gasteiger partial charge in [0.25, 0.3) is 0 Å². The Morgan fingerprint density at radius 1 is 0.816 bits per heavy atom. The number of nitrogens with zero attached hydrogens (tertiary/aromatic N) is 1. The molecule has 0 aliphatic carbocycles. The minimum atomic E-state index is -1.29. The van der Waals surface area contributed by atoms with E-state index in [0.717, 1.165) is 0 Å². The van der Waals surface area contributed by atoms with E-state index >= 15 is 0 Å². The molecular weight excluding hydrogens is 520 g/mol. The molecule has 0 aromatic carbocycles. The summed E-state index contributed by atoms with van der Waals surface area (Å²) in [6.07, 6.45) is 2.98. The van der Waals surface area contributed by atoms with Gasteiger partial charge < -0.3 is 49.1 Å². The topological polar surface area (TPSA) is 278 Å². The van der Waals surface area contributed by atoms with E-state index in [1.165, 1.54) is 11.8 Å². The van der Waals surface area contributed by atoms with Crippen LogP contribution >= 0.6 is 11.8 Å². The van der Waals surface area contributed by atoms with Crippen LogP contribution in [0.4, 0.5) is 0 Å². The normalized spacial score (nSPS) is 13.9. The fraction of sp³-hybridized carbons (Fsp3) is 0.727. The van der Waals surface area contributed by atoms with Crippen LogP contribution in [0, 0.1) is 0 Å². The van der Waals surface area contributed by atoms with E-state index in [1.807, 2.05) is 6.26 Å². The van der Waals surface area contributed by atoms with Gasteiger partial charge in [-0.25, -0.2) is 4.79 Å². The lowest BCUT2D eigenvalue weighted by atomic mass is 10.1. The highest BCUT2D eigenvalue weighted by atomic mass is 32.2. The van der Waals surface area contributed by atoms with Crippen molar-refractivity contribution in [3.05, 3.63) is 0 Å². The van der Waals surface area contributed by atoms with Crippen molar-refractivity contribution < 1.29 is 34.2 Å². The fourth-order valence-corrected chi connectivity index (χ4v) is 3.75. The lowest BCUT2D eigenvalue weighted by molar-refractivity contribution is -0.142. The lowest BCUT2D eigenvalue weighted by Gasteiger charge is -2.25. The third-order valence-electron chi connectivity index (χ3n) is 5.39. The van der Waals surface area contributed by atoms with E-state index in [1.54, 1.807) is 0 Å². The van der Waals surface area contributed by atoms with Crippen molar-refractivity contribution in [3.63, 3.8) is 0 Å². The molecule has 4 atom stereocenters. The molecule has 0 aliphatic rings. The first-order valence-corrected chi connectivity index (χ1v) is 13.7. The van der Waals surface area contributed by atoms with Crippen molar-refractivity contribution in [1.29, 1.82) is 0 Å². The van der Waals surface area contributed by atoms with Gasteiger partial charge in [-0.2, -0.15) is 11.8 Å². The molecule has 0 spiro atoms. The van der Waals surface area contributed by atoms with E-state index in [4.69, 9.17) is 28.0 Å². The van der Waals surface area contributed by atoms with E-state index in [-0.39, 0.29) is 38.2 Å². The molecule has 0 aromatic heterocycles. The summed E-state index contributed by atoms with van der Waals surface area (Å²) >= 11 is 1.49. The molecule has 0 saturated heterocycles. The molecule has 0 aromatic rings. The third-order valence-corrected chi connectivity index (χ3v) is 6.03. The first-order valence-electron chi connectivity index (χ1n) is 12.3. The zero-order valence-corrected chi connectivity index (χ0v) is 22.5. The number of rotatable bonds is 21. The number of aliphatic imine (C=N–C) groups is 1. The number of amides is 3. The van der Waals surface area contributed by atoms with Gasteiger partial charge in [0.05, 0.1) is 6.04 Å². The molecule has 3 amide bonds. The average molecular weight is 563 g/mol. The summed E-state index contributed by atoms with van der Waals surface area (Å²) in [4.78, 5) is 65.1. The van der Waals surface area contributed by atoms with Crippen LogP contribution in [0.1, 0.15) is 51.4 Å². The summed E-state index contributed by atoms with van der Waals surface area (Å²) in [7, 11) is 0. The molecular formula is C22H42N8O7S. The van der Waals surface area contributed by atoms with Crippen LogP contribution in [-0.2, 0) is 24.0 Å². The number of hydrogen-bond acceptors (Lipinski definition) is 9. The second-order valence-corrected chi connectivity index (χ2v) is 9.56. The summed E-state index contributed by atoms with van der Waals surface area (Å²) in [5.41, 5.74) is 21.9. The van der Waals surface area contributed by atoms with Gasteiger partial charge in [0.15, 0.2) is 5.96 Å². The number of carbonyl (C=O) groups excluding carboxylic acids is 3. The highest BCUT2D eigenvalue weighted by Gasteiger charge is 2.30. The molecule has 0 heterocycles. The minimum Gasteiger partial charge on any atom is -0.481 e. The smallest absolute Gasteiger partial charge is 0.326 e. The zero-order chi connectivity index (χ0) is 29.1. The molecule has 0 fully saturated rings. The van der Waals surface area contributed by atoms with Gasteiger partial charge in [-0.05, 0) is 63.5 Å². The van der Waals surface area contributed by atoms with Gasteiger partial charge >= 0.3 is 11.9 Å². The first-order chi connectivity index (χ1) is 17.9. The highest BCUT2D eigenvalue weighted by Crippen LogP contribution is 2.07. The quantitative estimate of drug-likeness (QED) is 0.0404. The minimum absolute atomic E-state index is 0.0380. The average Bonchev–Trinajstić information content (AvgIpc) is 2.85. The maximum atomic E-state index is 13.1. The predicted octanol–water partition coefficient (Wildman–Crippen LogP) is -2.35. The number of carboxylic acid groups (broad SMARTS) is 2. The van der Waals surface area contributed by atoms with Crippen LogP contribution in [0.5, 0.6) is 0 Å². The molecule has 0 radical (unpaired) electrons. The predicted molar refractivity (Wildman–Crippen MR) is 144 cm³/mol. The fourth-order valence-electron chi connectivity index (χ4n) is 3.26. The molecule has 0 aliphatic heterocycles. The molecule has 15 nitrogen and oxygen atoms in total. The van der Waals surface area contributed by atoms with Gasteiger partial charge in [0.1, 0.15) is 18.1 Å². The van der Waals surface area contributed by atoms with Gasteiger partial charge in [-0.1, -0.05) is 0 Å². The van der Waals surface area contributed by atoms with Crippen molar-refractivity contribution in [2.24, 2.45) is 27.9 Å². The number of carbonyl (C=O) groups is 5. The Balaban J connectivity index is 5.64. The third kappa shape index (κ3) is 15.9. The first kappa shape index (κ1) is 34.9. The standard InChI is InChI=1S/C22H42N8O7S/c1-38-12-9-13(24)18(33)28-15(7-8-17(31)32)20(35)29-14(6-4-11-27-22(25)26)19(34)30-16(21(36)37)5-2-3-10-23/h13-16H,2-12,23-24H2,1H3,(H,28,33)(H,29,35)(H,30,34)(H,31,32)(H,36,37)(H4,25,26,27). The van der Waals surface area contributed by atoms with E-state index in [9.17, 15) is 29.1 Å². The van der Waals surface area contributed by atoms with Gasteiger partial charge in [-0.15, -0.1) is 0 Å². The largest absolute Gasteiger partial charge is 0.481 e. The molecule has 13 N–H and O–H groups in total. The summed E-state index contributed by atoms with van der Waals surface area (Å²) in [6, 6.07) is -4.61. The van der Waals surface area contributed by atoms with Crippen LogP contribution in [-0.4, -0.2) is 95.1 Å². The summed E-state index contributed by atoms with van der Waals surface area (Å²) in [5.74, 6) is -4.19. The monoisotopic (exact) mass is 562 g/mol. The van der Waals surface area contributed by atoms with Crippen LogP contribution in [0.15, 0.2) is 4.99 Å². The van der Waals surface area contributed by atoms with Crippen molar-refractivity contribution in [3.8, 4) is 0 Å². The maximum absolute atomic E-state index is 13.1. The van der Waals surface area contributed by atoms with Gasteiger partial charge in [0, 0.05) is 13.0 Å². The number of thioether (sulfide) groups is 1. The Kier molecular flexibility index (Phi) is 18.3. The van der Waals surface area contributed by atoms with E-state index in [0.29, 0.717) is 31.6 Å². The number of nitrogens with two attached hydrogens (primary N) is 4. The van der Waals surface area contributed by atoms with Gasteiger partial charge in [0.2, 0.25) is 17.7 Å². The summed E-state index contributed by atoms with van der Waals surface area (Å²) in [6.45, 7) is 0.512. The number of carboxylic acids is 2. The number of guanidine groups is 1. The number of hydrogen-bond donors (Lipinski definition) is 9. The Hall–Kier alpha value is -3.11. The van der Waals surface area contributed by atoms with E-state index < -0.39 is 60.2 Å². The Morgan fingerprint density at radius 3 is 1.89 bits per heavy atom. The lowest BCUT2D eigenvalue weighted by Crippen LogP contribution is -2.57. The van der Waals surface area contributed by atoms with E-state index in [2.05, 4.69) is 20.9 Å². The second-order valence-electron chi connectivity index (χ2n) is 8.58. The number of aliphatic carboxylic acids is 2.